The van der Waals surface area contributed by atoms with Gasteiger partial charge in [-0.05, 0) is 24.1 Å². The van der Waals surface area contributed by atoms with Gasteiger partial charge in [0.15, 0.2) is 0 Å². The van der Waals surface area contributed by atoms with E-state index in [1.165, 1.54) is 0 Å². The van der Waals surface area contributed by atoms with Crippen LogP contribution in [0.25, 0.3) is 0 Å². The molecule has 0 spiro atoms. The number of hydrogen-bond acceptors (Lipinski definition) is 4. The molecule has 0 aliphatic heterocycles. The Bertz CT molecular complexity index is 299. The molecule has 0 amide bonds. The van der Waals surface area contributed by atoms with E-state index in [1.807, 2.05) is 12.1 Å². The lowest BCUT2D eigenvalue weighted by molar-refractivity contribution is 0.150. The van der Waals surface area contributed by atoms with Crippen molar-refractivity contribution in [2.45, 2.75) is 6.42 Å². The van der Waals surface area contributed by atoms with Crippen LogP contribution in [0.1, 0.15) is 5.56 Å². The molecule has 1 aromatic rings. The molecule has 0 saturated heterocycles. The van der Waals surface area contributed by atoms with Crippen molar-refractivity contribution < 1.29 is 19.7 Å². The Morgan fingerprint density at radius 3 is 1.88 bits per heavy atom. The van der Waals surface area contributed by atoms with E-state index >= 15 is 0 Å². The maximum Gasteiger partial charge on any atom is 0.122 e. The van der Waals surface area contributed by atoms with Crippen LogP contribution in [0, 0.1) is 5.92 Å². The van der Waals surface area contributed by atoms with Crippen molar-refractivity contribution in [3.63, 3.8) is 0 Å². The van der Waals surface area contributed by atoms with Crippen LogP contribution in [0.3, 0.4) is 0 Å². The van der Waals surface area contributed by atoms with Crippen LogP contribution in [-0.2, 0) is 6.42 Å². The third kappa shape index (κ3) is 3.40. The smallest absolute Gasteiger partial charge is 0.122 e. The van der Waals surface area contributed by atoms with E-state index < -0.39 is 0 Å². The van der Waals surface area contributed by atoms with Crippen LogP contribution in [0.5, 0.6) is 11.5 Å². The van der Waals surface area contributed by atoms with Crippen molar-refractivity contribution in [1.82, 2.24) is 0 Å². The zero-order valence-electron chi connectivity index (χ0n) is 9.64. The number of methoxy groups -OCH3 is 2. The molecule has 2 N–H and O–H groups in total. The normalized spacial score (nSPS) is 10.6. The Hall–Kier alpha value is -1.26. The standard InChI is InChI=1S/C12H18O4/c1-15-11-4-9(3-10(7-13)8-14)5-12(6-11)16-2/h4-6,10,13-14H,3,7-8H2,1-2H3. The first-order valence-electron chi connectivity index (χ1n) is 5.17. The number of ether oxygens (including phenoxy) is 2. The average molecular weight is 226 g/mol. The second kappa shape index (κ2) is 6.35. The zero-order valence-corrected chi connectivity index (χ0v) is 9.64. The van der Waals surface area contributed by atoms with Gasteiger partial charge in [-0.25, -0.2) is 0 Å². The van der Waals surface area contributed by atoms with Gasteiger partial charge < -0.3 is 19.7 Å². The number of hydrogen-bond donors (Lipinski definition) is 2. The van der Waals surface area contributed by atoms with Gasteiger partial charge in [-0.3, -0.25) is 0 Å². The lowest BCUT2D eigenvalue weighted by atomic mass is 10.0. The van der Waals surface area contributed by atoms with Crippen molar-refractivity contribution in [3.8, 4) is 11.5 Å². The fourth-order valence-corrected chi connectivity index (χ4v) is 1.50. The van der Waals surface area contributed by atoms with Gasteiger partial charge in [0, 0.05) is 25.2 Å². The Morgan fingerprint density at radius 2 is 1.50 bits per heavy atom. The first kappa shape index (κ1) is 12.8. The van der Waals surface area contributed by atoms with Crippen LogP contribution in [0.4, 0.5) is 0 Å². The summed E-state index contributed by atoms with van der Waals surface area (Å²) < 4.78 is 10.3. The minimum Gasteiger partial charge on any atom is -0.497 e. The molecule has 0 heterocycles. The SMILES string of the molecule is COc1cc(CC(CO)CO)cc(OC)c1. The summed E-state index contributed by atoms with van der Waals surface area (Å²) in [6, 6.07) is 5.54. The summed E-state index contributed by atoms with van der Waals surface area (Å²) in [5, 5.41) is 18.0. The molecule has 0 saturated carbocycles. The molecule has 90 valence electrons. The van der Waals surface area contributed by atoms with Gasteiger partial charge >= 0.3 is 0 Å². The van der Waals surface area contributed by atoms with Crippen LogP contribution in [-0.4, -0.2) is 37.6 Å². The minimum absolute atomic E-state index is 0.0317. The molecule has 4 nitrogen and oxygen atoms in total. The lowest BCUT2D eigenvalue weighted by Gasteiger charge is -2.13. The Balaban J connectivity index is 2.85. The van der Waals surface area contributed by atoms with E-state index in [0.29, 0.717) is 17.9 Å². The first-order chi connectivity index (χ1) is 7.73. The van der Waals surface area contributed by atoms with Crippen LogP contribution in [0.15, 0.2) is 18.2 Å². The van der Waals surface area contributed by atoms with E-state index in [-0.39, 0.29) is 19.1 Å². The summed E-state index contributed by atoms with van der Waals surface area (Å²) in [5.41, 5.74) is 0.976. The molecule has 0 atom stereocenters. The molecule has 0 radical (unpaired) electrons. The summed E-state index contributed by atoms with van der Waals surface area (Å²) in [6.45, 7) is -0.0634. The highest BCUT2D eigenvalue weighted by atomic mass is 16.5. The molecule has 0 aliphatic rings. The van der Waals surface area contributed by atoms with Gasteiger partial charge in [0.2, 0.25) is 0 Å². The third-order valence-electron chi connectivity index (χ3n) is 2.45. The summed E-state index contributed by atoms with van der Waals surface area (Å²) in [4.78, 5) is 0. The van der Waals surface area contributed by atoms with Gasteiger partial charge in [-0.2, -0.15) is 0 Å². The second-order valence-electron chi connectivity index (χ2n) is 3.66. The topological polar surface area (TPSA) is 58.9 Å². The first-order valence-corrected chi connectivity index (χ1v) is 5.17. The van der Waals surface area contributed by atoms with Crippen molar-refractivity contribution in [1.29, 1.82) is 0 Å². The van der Waals surface area contributed by atoms with E-state index in [1.54, 1.807) is 20.3 Å². The van der Waals surface area contributed by atoms with Crippen molar-refractivity contribution >= 4 is 0 Å². The van der Waals surface area contributed by atoms with E-state index in [2.05, 4.69) is 0 Å². The van der Waals surface area contributed by atoms with Gasteiger partial charge in [0.05, 0.1) is 14.2 Å². The highest BCUT2D eigenvalue weighted by Crippen LogP contribution is 2.24. The molecule has 16 heavy (non-hydrogen) atoms. The maximum atomic E-state index is 9.02. The minimum atomic E-state index is -0.142. The van der Waals surface area contributed by atoms with Gasteiger partial charge in [0.1, 0.15) is 11.5 Å². The summed E-state index contributed by atoms with van der Waals surface area (Å²) in [7, 11) is 3.18. The summed E-state index contributed by atoms with van der Waals surface area (Å²) >= 11 is 0. The van der Waals surface area contributed by atoms with Crippen molar-refractivity contribution in [2.24, 2.45) is 5.92 Å². The maximum absolute atomic E-state index is 9.02. The Labute approximate surface area is 95.4 Å². The Morgan fingerprint density at radius 1 is 1.00 bits per heavy atom. The van der Waals surface area contributed by atoms with E-state index in [9.17, 15) is 0 Å². The van der Waals surface area contributed by atoms with Crippen molar-refractivity contribution in [2.75, 3.05) is 27.4 Å². The fraction of sp³-hybridized carbons (Fsp3) is 0.500. The van der Waals surface area contributed by atoms with Gasteiger partial charge in [-0.15, -0.1) is 0 Å². The van der Waals surface area contributed by atoms with Crippen LogP contribution in [0.2, 0.25) is 0 Å². The number of aliphatic hydroxyl groups excluding tert-OH is 2. The number of aliphatic hydroxyl groups is 2. The molecule has 0 fully saturated rings. The molecule has 4 heteroatoms. The monoisotopic (exact) mass is 226 g/mol. The highest BCUT2D eigenvalue weighted by Gasteiger charge is 2.09. The number of rotatable bonds is 6. The Kier molecular flexibility index (Phi) is 5.08. The predicted octanol–water partition coefficient (Wildman–Crippen LogP) is 0.847. The zero-order chi connectivity index (χ0) is 12.0. The van der Waals surface area contributed by atoms with E-state index in [0.717, 1.165) is 5.56 Å². The van der Waals surface area contributed by atoms with Crippen molar-refractivity contribution in [3.05, 3.63) is 23.8 Å². The molecule has 1 aromatic carbocycles. The number of benzene rings is 1. The molecule has 0 bridgehead atoms. The molecule has 0 aliphatic carbocycles. The van der Waals surface area contributed by atoms with Crippen LogP contribution >= 0.6 is 0 Å². The quantitative estimate of drug-likeness (QED) is 0.755. The predicted molar refractivity (Wildman–Crippen MR) is 60.9 cm³/mol. The second-order valence-corrected chi connectivity index (χ2v) is 3.66. The average Bonchev–Trinajstić information content (AvgIpc) is 2.35. The largest absolute Gasteiger partial charge is 0.497 e. The van der Waals surface area contributed by atoms with Gasteiger partial charge in [0.25, 0.3) is 0 Å². The molecule has 0 unspecified atom stereocenters. The molecule has 0 aromatic heterocycles. The molecular formula is C12H18O4. The fourth-order valence-electron chi connectivity index (χ4n) is 1.50. The third-order valence-corrected chi connectivity index (χ3v) is 2.45. The van der Waals surface area contributed by atoms with Crippen LogP contribution < -0.4 is 9.47 Å². The summed E-state index contributed by atoms with van der Waals surface area (Å²) in [5.74, 6) is 1.28. The summed E-state index contributed by atoms with van der Waals surface area (Å²) in [6.07, 6.45) is 0.598. The molecule has 1 rings (SSSR count). The highest BCUT2D eigenvalue weighted by molar-refractivity contribution is 5.38. The molecular weight excluding hydrogens is 208 g/mol. The lowest BCUT2D eigenvalue weighted by Crippen LogP contribution is -2.14. The van der Waals surface area contributed by atoms with E-state index in [4.69, 9.17) is 19.7 Å². The van der Waals surface area contributed by atoms with Gasteiger partial charge in [-0.1, -0.05) is 0 Å².